The van der Waals surface area contributed by atoms with Gasteiger partial charge in [0.05, 0.1) is 6.61 Å². The Morgan fingerprint density at radius 3 is 2.67 bits per heavy atom. The van der Waals surface area contributed by atoms with Crippen LogP contribution in [-0.4, -0.2) is 48.7 Å². The lowest BCUT2D eigenvalue weighted by molar-refractivity contribution is 0.0709. The predicted molar refractivity (Wildman–Crippen MR) is 105 cm³/mol. The highest BCUT2D eigenvalue weighted by Crippen LogP contribution is 2.24. The molecule has 1 aliphatic heterocycles. The molecule has 6 heteroatoms. The van der Waals surface area contributed by atoms with Crippen molar-refractivity contribution in [1.29, 1.82) is 0 Å². The minimum absolute atomic E-state index is 0.179. The van der Waals surface area contributed by atoms with Crippen molar-refractivity contribution in [2.45, 2.75) is 19.9 Å². The maximum absolute atomic E-state index is 11.9. The lowest BCUT2D eigenvalue weighted by Crippen LogP contribution is -2.49. The van der Waals surface area contributed by atoms with Gasteiger partial charge in [0.25, 0.3) is 0 Å². The molecular weight excluding hydrogens is 364 g/mol. The minimum atomic E-state index is -0.257. The first kappa shape index (κ1) is 19.3. The van der Waals surface area contributed by atoms with Crippen molar-refractivity contribution in [2.75, 3.05) is 32.8 Å². The zero-order valence-corrected chi connectivity index (χ0v) is 16.3. The van der Waals surface area contributed by atoms with Gasteiger partial charge in [-0.3, -0.25) is 4.90 Å². The van der Waals surface area contributed by atoms with E-state index in [-0.39, 0.29) is 12.1 Å². The van der Waals surface area contributed by atoms with Crippen molar-refractivity contribution in [3.63, 3.8) is 0 Å². The summed E-state index contributed by atoms with van der Waals surface area (Å²) >= 11 is 6.05. The summed E-state index contributed by atoms with van der Waals surface area (Å²) in [6, 6.07) is 11.2. The van der Waals surface area contributed by atoms with Gasteiger partial charge in [0.2, 0.25) is 0 Å². The van der Waals surface area contributed by atoms with Gasteiger partial charge in [-0.1, -0.05) is 29.5 Å². The Labute approximate surface area is 164 Å². The van der Waals surface area contributed by atoms with E-state index < -0.39 is 0 Å². The molecule has 1 saturated heterocycles. The Morgan fingerprint density at radius 1 is 1.26 bits per heavy atom. The van der Waals surface area contributed by atoms with Crippen LogP contribution in [0.25, 0.3) is 0 Å². The first-order valence-corrected chi connectivity index (χ1v) is 9.44. The molecule has 5 nitrogen and oxygen atoms in total. The average molecular weight is 387 g/mol. The number of piperazine rings is 1. The standard InChI is InChI=1S/C21H23ClN2O3/c1-3-26-21(25)24-13-11-23(12-14-24)19(20-10-7-16(2)27-20)9-8-17-5-4-6-18(22)15-17/h4-7,10,15,19H,3,11-14H2,1-2H3. The zero-order chi connectivity index (χ0) is 19.2. The van der Waals surface area contributed by atoms with E-state index in [1.54, 1.807) is 4.90 Å². The van der Waals surface area contributed by atoms with Crippen LogP contribution < -0.4 is 0 Å². The van der Waals surface area contributed by atoms with Crippen LogP contribution in [-0.2, 0) is 4.74 Å². The van der Waals surface area contributed by atoms with Crippen LogP contribution in [0.2, 0.25) is 5.02 Å². The van der Waals surface area contributed by atoms with E-state index in [0.717, 1.165) is 17.1 Å². The Balaban J connectivity index is 1.77. The Kier molecular flexibility index (Phi) is 6.44. The molecule has 1 aromatic heterocycles. The number of halogens is 1. The summed E-state index contributed by atoms with van der Waals surface area (Å²) in [7, 11) is 0. The number of ether oxygens (including phenoxy) is 1. The second kappa shape index (κ2) is 8.98. The predicted octanol–water partition coefficient (Wildman–Crippen LogP) is 4.11. The summed E-state index contributed by atoms with van der Waals surface area (Å²) in [6.07, 6.45) is -0.257. The molecule has 1 unspecified atom stereocenters. The summed E-state index contributed by atoms with van der Waals surface area (Å²) in [5, 5.41) is 0.662. The van der Waals surface area contributed by atoms with E-state index >= 15 is 0 Å². The van der Waals surface area contributed by atoms with Gasteiger partial charge in [-0.05, 0) is 44.2 Å². The number of aryl methyl sites for hydroxylation is 1. The van der Waals surface area contributed by atoms with Gasteiger partial charge >= 0.3 is 6.09 Å². The van der Waals surface area contributed by atoms with Gasteiger partial charge in [-0.2, -0.15) is 0 Å². The molecule has 27 heavy (non-hydrogen) atoms. The fraction of sp³-hybridized carbons (Fsp3) is 0.381. The Morgan fingerprint density at radius 2 is 2.04 bits per heavy atom. The third-order valence-corrected chi connectivity index (χ3v) is 4.65. The van der Waals surface area contributed by atoms with E-state index in [4.69, 9.17) is 20.8 Å². The van der Waals surface area contributed by atoms with E-state index in [9.17, 15) is 4.79 Å². The molecule has 0 radical (unpaired) electrons. The van der Waals surface area contributed by atoms with Crippen LogP contribution in [0.4, 0.5) is 4.79 Å². The first-order chi connectivity index (χ1) is 13.1. The van der Waals surface area contributed by atoms with Crippen LogP contribution >= 0.6 is 11.6 Å². The molecule has 0 N–H and O–H groups in total. The number of furan rings is 1. The van der Waals surface area contributed by atoms with Crippen molar-refractivity contribution in [1.82, 2.24) is 9.80 Å². The van der Waals surface area contributed by atoms with Crippen molar-refractivity contribution in [3.8, 4) is 11.8 Å². The second-order valence-electron chi connectivity index (χ2n) is 6.35. The molecule has 0 saturated carbocycles. The van der Waals surface area contributed by atoms with Crippen LogP contribution in [0.1, 0.15) is 30.0 Å². The monoisotopic (exact) mass is 386 g/mol. The molecular formula is C21H23ClN2O3. The van der Waals surface area contributed by atoms with Crippen LogP contribution in [0, 0.1) is 18.8 Å². The summed E-state index contributed by atoms with van der Waals surface area (Å²) in [5.74, 6) is 8.19. The first-order valence-electron chi connectivity index (χ1n) is 9.06. The summed E-state index contributed by atoms with van der Waals surface area (Å²) < 4.78 is 10.9. The third-order valence-electron chi connectivity index (χ3n) is 4.41. The molecule has 2 aromatic rings. The number of carbonyl (C=O) groups excluding carboxylic acids is 1. The largest absolute Gasteiger partial charge is 0.464 e. The molecule has 0 aliphatic carbocycles. The fourth-order valence-electron chi connectivity index (χ4n) is 3.04. The fourth-order valence-corrected chi connectivity index (χ4v) is 3.23. The molecule has 1 amide bonds. The van der Waals surface area contributed by atoms with Gasteiger partial charge in [0, 0.05) is 36.8 Å². The summed E-state index contributed by atoms with van der Waals surface area (Å²) in [5.41, 5.74) is 0.862. The molecule has 0 bridgehead atoms. The van der Waals surface area contributed by atoms with Gasteiger partial charge < -0.3 is 14.1 Å². The van der Waals surface area contributed by atoms with Crippen molar-refractivity contribution >= 4 is 17.7 Å². The average Bonchev–Trinajstić information content (AvgIpc) is 3.09. The lowest BCUT2D eigenvalue weighted by Gasteiger charge is -2.36. The number of carbonyl (C=O) groups is 1. The molecule has 3 rings (SSSR count). The van der Waals surface area contributed by atoms with Gasteiger partial charge in [-0.25, -0.2) is 4.79 Å². The summed E-state index contributed by atoms with van der Waals surface area (Å²) in [6.45, 7) is 6.74. The molecule has 0 spiro atoms. The quantitative estimate of drug-likeness (QED) is 0.745. The van der Waals surface area contributed by atoms with Crippen molar-refractivity contribution < 1.29 is 13.9 Å². The van der Waals surface area contributed by atoms with Gasteiger partial charge in [0.1, 0.15) is 17.6 Å². The highest BCUT2D eigenvalue weighted by molar-refractivity contribution is 6.30. The van der Waals surface area contributed by atoms with E-state index in [2.05, 4.69) is 16.7 Å². The summed E-state index contributed by atoms with van der Waals surface area (Å²) in [4.78, 5) is 15.9. The SMILES string of the molecule is CCOC(=O)N1CCN(C(C#Cc2cccc(Cl)c2)c2ccc(C)o2)CC1. The molecule has 142 valence electrons. The van der Waals surface area contributed by atoms with E-state index in [1.807, 2.05) is 50.2 Å². The minimum Gasteiger partial charge on any atom is -0.464 e. The van der Waals surface area contributed by atoms with Crippen LogP contribution in [0.3, 0.4) is 0 Å². The lowest BCUT2D eigenvalue weighted by atomic mass is 10.1. The Bertz CT molecular complexity index is 844. The normalized spacial score (nSPS) is 15.7. The number of hydrogen-bond acceptors (Lipinski definition) is 4. The second-order valence-corrected chi connectivity index (χ2v) is 6.79. The highest BCUT2D eigenvalue weighted by atomic mass is 35.5. The number of hydrogen-bond donors (Lipinski definition) is 0. The molecule has 1 aliphatic rings. The van der Waals surface area contributed by atoms with E-state index in [0.29, 0.717) is 37.8 Å². The van der Waals surface area contributed by atoms with Crippen LogP contribution in [0.5, 0.6) is 0 Å². The van der Waals surface area contributed by atoms with Crippen LogP contribution in [0.15, 0.2) is 40.8 Å². The van der Waals surface area contributed by atoms with Gasteiger partial charge in [0.15, 0.2) is 0 Å². The number of rotatable bonds is 3. The number of amides is 1. The highest BCUT2D eigenvalue weighted by Gasteiger charge is 2.28. The number of nitrogens with zero attached hydrogens (tertiary/aromatic N) is 2. The smallest absolute Gasteiger partial charge is 0.409 e. The van der Waals surface area contributed by atoms with Crippen molar-refractivity contribution in [3.05, 3.63) is 58.5 Å². The van der Waals surface area contributed by atoms with E-state index in [1.165, 1.54) is 0 Å². The molecule has 1 fully saturated rings. The third kappa shape index (κ3) is 5.06. The molecule has 1 aromatic carbocycles. The Hall–Kier alpha value is -2.42. The zero-order valence-electron chi connectivity index (χ0n) is 15.6. The maximum Gasteiger partial charge on any atom is 0.409 e. The molecule has 2 heterocycles. The number of benzene rings is 1. The van der Waals surface area contributed by atoms with Gasteiger partial charge in [-0.15, -0.1) is 0 Å². The topological polar surface area (TPSA) is 45.9 Å². The van der Waals surface area contributed by atoms with Crippen molar-refractivity contribution in [2.24, 2.45) is 0 Å². The molecule has 1 atom stereocenters. The maximum atomic E-state index is 11.9.